The van der Waals surface area contributed by atoms with E-state index in [0.29, 0.717) is 0 Å². The molecule has 0 aromatic heterocycles. The van der Waals surface area contributed by atoms with E-state index >= 15 is 0 Å². The summed E-state index contributed by atoms with van der Waals surface area (Å²) in [6.45, 7) is 0. The Morgan fingerprint density at radius 3 is 2.12 bits per heavy atom. The van der Waals surface area contributed by atoms with Gasteiger partial charge in [-0.05, 0) is 25.7 Å². The van der Waals surface area contributed by atoms with E-state index in [1.165, 1.54) is 0 Å². The molecule has 0 saturated heterocycles. The third-order valence-corrected chi connectivity index (χ3v) is 1.39. The van der Waals surface area contributed by atoms with Gasteiger partial charge in [0.15, 0.2) is 0 Å². The van der Waals surface area contributed by atoms with Crippen molar-refractivity contribution in [2.45, 2.75) is 25.7 Å². The molecule has 0 fully saturated rings. The van der Waals surface area contributed by atoms with Crippen LogP contribution in [0.1, 0.15) is 25.7 Å². The van der Waals surface area contributed by atoms with Gasteiger partial charge in [-0.1, -0.05) is 12.2 Å². The Hall–Kier alpha value is -0.590. The minimum Gasteiger partial charge on any atom is -0.310 e. The standard InChI is InChI=1S/C7H11N/c8-7-5-3-1-2-4-6-7/h1-2,8H,3-6H2. The van der Waals surface area contributed by atoms with Crippen molar-refractivity contribution in [2.75, 3.05) is 0 Å². The summed E-state index contributed by atoms with van der Waals surface area (Å²) in [6, 6.07) is 0. The van der Waals surface area contributed by atoms with Crippen molar-refractivity contribution >= 4 is 5.71 Å². The molecule has 0 spiro atoms. The van der Waals surface area contributed by atoms with E-state index < -0.39 is 0 Å². The van der Waals surface area contributed by atoms with Crippen molar-refractivity contribution < 1.29 is 0 Å². The van der Waals surface area contributed by atoms with Gasteiger partial charge in [-0.2, -0.15) is 0 Å². The van der Waals surface area contributed by atoms with E-state index in [4.69, 9.17) is 5.41 Å². The summed E-state index contributed by atoms with van der Waals surface area (Å²) in [5.74, 6) is 0. The van der Waals surface area contributed by atoms with Crippen LogP contribution in [0.4, 0.5) is 0 Å². The Balaban J connectivity index is 2.39. The Kier molecular flexibility index (Phi) is 1.84. The maximum absolute atomic E-state index is 7.29. The van der Waals surface area contributed by atoms with Crippen LogP contribution in [-0.2, 0) is 0 Å². The third kappa shape index (κ3) is 1.49. The first-order valence-corrected chi connectivity index (χ1v) is 3.11. The van der Waals surface area contributed by atoms with Crippen LogP contribution >= 0.6 is 0 Å². The number of allylic oxidation sites excluding steroid dienone is 2. The molecule has 1 nitrogen and oxygen atoms in total. The first-order valence-electron chi connectivity index (χ1n) is 3.11. The second-order valence-electron chi connectivity index (χ2n) is 2.15. The third-order valence-electron chi connectivity index (χ3n) is 1.39. The number of hydrogen-bond acceptors (Lipinski definition) is 1. The lowest BCUT2D eigenvalue weighted by molar-refractivity contribution is 1.03. The number of nitrogens with one attached hydrogen (secondary N) is 1. The van der Waals surface area contributed by atoms with E-state index in [2.05, 4.69) is 12.2 Å². The molecule has 1 heteroatoms. The Bertz CT molecular complexity index is 102. The molecule has 0 bridgehead atoms. The zero-order valence-corrected chi connectivity index (χ0v) is 4.98. The van der Waals surface area contributed by atoms with Gasteiger partial charge in [0.25, 0.3) is 0 Å². The Labute approximate surface area is 49.9 Å². The van der Waals surface area contributed by atoms with Crippen molar-refractivity contribution in [3.05, 3.63) is 12.2 Å². The zero-order valence-electron chi connectivity index (χ0n) is 4.98. The predicted octanol–water partition coefficient (Wildman–Crippen LogP) is 2.14. The van der Waals surface area contributed by atoms with Crippen LogP contribution in [0.25, 0.3) is 0 Å². The molecule has 0 unspecified atom stereocenters. The molecule has 0 atom stereocenters. The van der Waals surface area contributed by atoms with Gasteiger partial charge in [0.1, 0.15) is 0 Å². The van der Waals surface area contributed by atoms with Gasteiger partial charge in [-0.3, -0.25) is 0 Å². The fourth-order valence-corrected chi connectivity index (χ4v) is 0.876. The summed E-state index contributed by atoms with van der Waals surface area (Å²) in [5.41, 5.74) is 0.912. The molecule has 8 heavy (non-hydrogen) atoms. The SMILES string of the molecule is N=C1CCC=CCC1. The lowest BCUT2D eigenvalue weighted by Gasteiger charge is -1.92. The summed E-state index contributed by atoms with van der Waals surface area (Å²) in [5, 5.41) is 7.29. The van der Waals surface area contributed by atoms with Crippen LogP contribution in [0.2, 0.25) is 0 Å². The molecule has 1 aliphatic carbocycles. The van der Waals surface area contributed by atoms with Crippen LogP contribution in [0.3, 0.4) is 0 Å². The topological polar surface area (TPSA) is 23.9 Å². The van der Waals surface area contributed by atoms with Gasteiger partial charge in [0.05, 0.1) is 0 Å². The van der Waals surface area contributed by atoms with Crippen molar-refractivity contribution in [3.63, 3.8) is 0 Å². The second kappa shape index (κ2) is 2.65. The average molecular weight is 109 g/mol. The average Bonchev–Trinajstić information content (AvgIpc) is 1.94. The first kappa shape index (κ1) is 5.54. The quantitative estimate of drug-likeness (QED) is 0.461. The molecular weight excluding hydrogens is 98.1 g/mol. The molecule has 0 heterocycles. The summed E-state index contributed by atoms with van der Waals surface area (Å²) in [7, 11) is 0. The first-order chi connectivity index (χ1) is 3.89. The fourth-order valence-electron chi connectivity index (χ4n) is 0.876. The monoisotopic (exact) mass is 109 g/mol. The molecule has 0 aliphatic heterocycles. The van der Waals surface area contributed by atoms with Crippen LogP contribution in [0, 0.1) is 5.41 Å². The molecule has 0 amide bonds. The molecule has 0 aromatic carbocycles. The Morgan fingerprint density at radius 2 is 1.62 bits per heavy atom. The maximum Gasteiger partial charge on any atom is 0.00953 e. The second-order valence-corrected chi connectivity index (χ2v) is 2.15. The highest BCUT2D eigenvalue weighted by molar-refractivity contribution is 5.81. The molecular formula is C7H11N. The fraction of sp³-hybridized carbons (Fsp3) is 0.571. The van der Waals surface area contributed by atoms with Gasteiger partial charge >= 0.3 is 0 Å². The van der Waals surface area contributed by atoms with E-state index in [0.717, 1.165) is 31.4 Å². The smallest absolute Gasteiger partial charge is 0.00953 e. The molecule has 0 radical (unpaired) electrons. The van der Waals surface area contributed by atoms with E-state index in [1.807, 2.05) is 0 Å². The number of hydrogen-bond donors (Lipinski definition) is 1. The normalized spacial score (nSPS) is 20.8. The summed E-state index contributed by atoms with van der Waals surface area (Å²) < 4.78 is 0. The maximum atomic E-state index is 7.29. The van der Waals surface area contributed by atoms with Gasteiger partial charge in [0.2, 0.25) is 0 Å². The summed E-state index contributed by atoms with van der Waals surface area (Å²) >= 11 is 0. The lowest BCUT2D eigenvalue weighted by Crippen LogP contribution is -1.90. The molecule has 44 valence electrons. The van der Waals surface area contributed by atoms with Crippen molar-refractivity contribution in [2.24, 2.45) is 0 Å². The van der Waals surface area contributed by atoms with Crippen LogP contribution < -0.4 is 0 Å². The van der Waals surface area contributed by atoms with E-state index in [9.17, 15) is 0 Å². The summed E-state index contributed by atoms with van der Waals surface area (Å²) in [6.07, 6.45) is 8.47. The molecule has 0 saturated carbocycles. The molecule has 1 N–H and O–H groups in total. The van der Waals surface area contributed by atoms with Gasteiger partial charge < -0.3 is 5.41 Å². The molecule has 1 aliphatic rings. The van der Waals surface area contributed by atoms with Crippen molar-refractivity contribution in [1.29, 1.82) is 5.41 Å². The van der Waals surface area contributed by atoms with E-state index in [-0.39, 0.29) is 0 Å². The zero-order chi connectivity index (χ0) is 5.82. The minimum atomic E-state index is 0.912. The lowest BCUT2D eigenvalue weighted by atomic mass is 10.2. The molecule has 0 aromatic rings. The predicted molar refractivity (Wildman–Crippen MR) is 35.3 cm³/mol. The van der Waals surface area contributed by atoms with E-state index in [1.54, 1.807) is 0 Å². The highest BCUT2D eigenvalue weighted by Crippen LogP contribution is 2.05. The Morgan fingerprint density at radius 1 is 1.12 bits per heavy atom. The minimum absolute atomic E-state index is 0.912. The van der Waals surface area contributed by atoms with Crippen molar-refractivity contribution in [1.82, 2.24) is 0 Å². The van der Waals surface area contributed by atoms with Crippen LogP contribution in [0.5, 0.6) is 0 Å². The van der Waals surface area contributed by atoms with Crippen molar-refractivity contribution in [3.8, 4) is 0 Å². The summed E-state index contributed by atoms with van der Waals surface area (Å²) in [4.78, 5) is 0. The van der Waals surface area contributed by atoms with Crippen LogP contribution in [0.15, 0.2) is 12.2 Å². The van der Waals surface area contributed by atoms with Gasteiger partial charge in [-0.15, -0.1) is 0 Å². The highest BCUT2D eigenvalue weighted by atomic mass is 14.4. The van der Waals surface area contributed by atoms with Gasteiger partial charge in [-0.25, -0.2) is 0 Å². The molecule has 1 rings (SSSR count). The van der Waals surface area contributed by atoms with Gasteiger partial charge in [0, 0.05) is 5.71 Å². The van der Waals surface area contributed by atoms with Crippen LogP contribution in [-0.4, -0.2) is 5.71 Å². The number of rotatable bonds is 0. The highest BCUT2D eigenvalue weighted by Gasteiger charge is 1.96. The largest absolute Gasteiger partial charge is 0.310 e.